The van der Waals surface area contributed by atoms with E-state index in [0.717, 1.165) is 27.0 Å². The average molecular weight is 493 g/mol. The molecular weight excluding hydrogens is 468 g/mol. The third kappa shape index (κ3) is 6.49. The van der Waals surface area contributed by atoms with Crippen molar-refractivity contribution in [3.8, 4) is 22.1 Å². The number of hydrogen-bond acceptors (Lipinski definition) is 7. The van der Waals surface area contributed by atoms with E-state index in [9.17, 15) is 4.79 Å². The van der Waals surface area contributed by atoms with Gasteiger partial charge in [-0.2, -0.15) is 0 Å². The summed E-state index contributed by atoms with van der Waals surface area (Å²) in [5.41, 5.74) is 2.80. The van der Waals surface area contributed by atoms with Crippen LogP contribution in [0.4, 0.5) is 15.6 Å². The van der Waals surface area contributed by atoms with E-state index in [1.54, 1.807) is 37.1 Å². The fourth-order valence-electron chi connectivity index (χ4n) is 3.06. The lowest BCUT2D eigenvalue weighted by Crippen LogP contribution is -2.19. The van der Waals surface area contributed by atoms with Crippen molar-refractivity contribution in [2.24, 2.45) is 0 Å². The van der Waals surface area contributed by atoms with Crippen LogP contribution in [0.25, 0.3) is 10.6 Å². The first-order valence-electron chi connectivity index (χ1n) is 10.6. The lowest BCUT2D eigenvalue weighted by Gasteiger charge is -2.08. The molecule has 0 spiro atoms. The summed E-state index contributed by atoms with van der Waals surface area (Å²) in [6.45, 7) is 2.65. The van der Waals surface area contributed by atoms with Gasteiger partial charge in [-0.1, -0.05) is 53.3 Å². The third-order valence-electron chi connectivity index (χ3n) is 4.72. The molecule has 9 heteroatoms. The summed E-state index contributed by atoms with van der Waals surface area (Å²) < 4.78 is 11.0. The molecule has 1 heterocycles. The Bertz CT molecular complexity index is 1240. The number of anilines is 2. The summed E-state index contributed by atoms with van der Waals surface area (Å²) in [5.74, 6) is 2.32. The zero-order valence-corrected chi connectivity index (χ0v) is 20.4. The van der Waals surface area contributed by atoms with Crippen molar-refractivity contribution in [1.29, 1.82) is 0 Å². The lowest BCUT2D eigenvalue weighted by atomic mass is 10.2. The summed E-state index contributed by atoms with van der Waals surface area (Å²) >= 11 is 3.02. The van der Waals surface area contributed by atoms with Crippen LogP contribution in [0, 0.1) is 6.92 Å². The van der Waals surface area contributed by atoms with E-state index >= 15 is 0 Å². The van der Waals surface area contributed by atoms with Gasteiger partial charge in [0.15, 0.2) is 5.01 Å². The molecule has 4 rings (SSSR count). The SMILES string of the molecule is COc1cccc(NC(=O)Nc2nnc(-c3ccccc3SCCOc3ccc(C)cc3)s2)c1. The first-order chi connectivity index (χ1) is 16.6. The number of aryl methyl sites for hydroxylation is 1. The number of ether oxygens (including phenoxy) is 2. The highest BCUT2D eigenvalue weighted by molar-refractivity contribution is 7.99. The Morgan fingerprint density at radius 1 is 0.971 bits per heavy atom. The monoisotopic (exact) mass is 492 g/mol. The van der Waals surface area contributed by atoms with Gasteiger partial charge in [-0.3, -0.25) is 5.32 Å². The van der Waals surface area contributed by atoms with Crippen molar-refractivity contribution in [3.05, 3.63) is 78.4 Å². The van der Waals surface area contributed by atoms with Gasteiger partial charge in [0.2, 0.25) is 5.13 Å². The number of urea groups is 1. The number of carbonyl (C=O) groups excluding carboxylic acids is 1. The molecule has 0 aliphatic heterocycles. The smallest absolute Gasteiger partial charge is 0.325 e. The fourth-order valence-corrected chi connectivity index (χ4v) is 4.78. The van der Waals surface area contributed by atoms with Crippen LogP contribution in [0.3, 0.4) is 0 Å². The highest BCUT2D eigenvalue weighted by atomic mass is 32.2. The highest BCUT2D eigenvalue weighted by Crippen LogP contribution is 2.34. The van der Waals surface area contributed by atoms with Crippen molar-refractivity contribution in [3.63, 3.8) is 0 Å². The van der Waals surface area contributed by atoms with Crippen LogP contribution in [0.2, 0.25) is 0 Å². The van der Waals surface area contributed by atoms with E-state index in [4.69, 9.17) is 9.47 Å². The van der Waals surface area contributed by atoms with Crippen LogP contribution >= 0.6 is 23.1 Å². The normalized spacial score (nSPS) is 10.5. The van der Waals surface area contributed by atoms with Crippen LogP contribution in [0.5, 0.6) is 11.5 Å². The molecule has 2 N–H and O–H groups in total. The molecule has 0 bridgehead atoms. The van der Waals surface area contributed by atoms with E-state index in [-0.39, 0.29) is 0 Å². The van der Waals surface area contributed by atoms with Gasteiger partial charge in [-0.25, -0.2) is 4.79 Å². The minimum Gasteiger partial charge on any atom is -0.497 e. The molecule has 174 valence electrons. The molecule has 0 saturated carbocycles. The van der Waals surface area contributed by atoms with E-state index < -0.39 is 6.03 Å². The van der Waals surface area contributed by atoms with Gasteiger partial charge in [0.05, 0.1) is 13.7 Å². The number of aromatic nitrogens is 2. The van der Waals surface area contributed by atoms with E-state index in [1.165, 1.54) is 16.9 Å². The molecule has 4 aromatic rings. The molecule has 0 aliphatic rings. The molecule has 0 radical (unpaired) electrons. The highest BCUT2D eigenvalue weighted by Gasteiger charge is 2.13. The Morgan fingerprint density at radius 2 is 1.79 bits per heavy atom. The number of benzene rings is 3. The molecule has 0 aliphatic carbocycles. The summed E-state index contributed by atoms with van der Waals surface area (Å²) in [6.07, 6.45) is 0. The van der Waals surface area contributed by atoms with Gasteiger partial charge in [-0.15, -0.1) is 22.0 Å². The molecular formula is C25H24N4O3S2. The Hall–Kier alpha value is -3.56. The van der Waals surface area contributed by atoms with Gasteiger partial charge >= 0.3 is 6.03 Å². The quantitative estimate of drug-likeness (QED) is 0.210. The Kier molecular flexibility index (Phi) is 8.00. The minimum atomic E-state index is -0.396. The molecule has 34 heavy (non-hydrogen) atoms. The second kappa shape index (κ2) is 11.5. The standard InChI is InChI=1S/C25H24N4O3S2/c1-17-10-12-19(13-11-17)32-14-15-33-22-9-4-3-8-21(22)23-28-29-25(34-23)27-24(30)26-18-6-5-7-20(16-18)31-2/h3-13,16H,14-15H2,1-2H3,(H2,26,27,29,30). The van der Waals surface area contributed by atoms with Crippen molar-refractivity contribution < 1.29 is 14.3 Å². The number of thioether (sulfide) groups is 1. The summed E-state index contributed by atoms with van der Waals surface area (Å²) in [4.78, 5) is 13.4. The molecule has 1 aromatic heterocycles. The molecule has 0 unspecified atom stereocenters. The predicted molar refractivity (Wildman–Crippen MR) is 138 cm³/mol. The molecule has 0 atom stereocenters. The summed E-state index contributed by atoms with van der Waals surface area (Å²) in [6, 6.07) is 22.8. The van der Waals surface area contributed by atoms with Crippen LogP contribution in [0.15, 0.2) is 77.7 Å². The number of amides is 2. The van der Waals surface area contributed by atoms with Gasteiger partial charge in [0, 0.05) is 28.0 Å². The van der Waals surface area contributed by atoms with E-state index in [0.29, 0.717) is 23.2 Å². The van der Waals surface area contributed by atoms with Gasteiger partial charge in [0.25, 0.3) is 0 Å². The van der Waals surface area contributed by atoms with Crippen molar-refractivity contribution in [2.75, 3.05) is 30.1 Å². The first kappa shape index (κ1) is 23.6. The van der Waals surface area contributed by atoms with Crippen LogP contribution < -0.4 is 20.1 Å². The Balaban J connectivity index is 1.34. The van der Waals surface area contributed by atoms with Gasteiger partial charge < -0.3 is 14.8 Å². The van der Waals surface area contributed by atoms with Crippen LogP contribution in [0.1, 0.15) is 5.56 Å². The third-order valence-corrected chi connectivity index (χ3v) is 6.63. The number of nitrogens with zero attached hydrogens (tertiary/aromatic N) is 2. The van der Waals surface area contributed by atoms with Gasteiger partial charge in [0.1, 0.15) is 11.5 Å². The zero-order chi connectivity index (χ0) is 23.8. The largest absolute Gasteiger partial charge is 0.497 e. The number of hydrogen-bond donors (Lipinski definition) is 2. The number of nitrogens with one attached hydrogen (secondary N) is 2. The maximum Gasteiger partial charge on any atom is 0.325 e. The predicted octanol–water partition coefficient (Wildman–Crippen LogP) is 6.34. The molecule has 7 nitrogen and oxygen atoms in total. The molecule has 2 amide bonds. The van der Waals surface area contributed by atoms with Crippen molar-refractivity contribution in [2.45, 2.75) is 11.8 Å². The molecule has 0 fully saturated rings. The van der Waals surface area contributed by atoms with Gasteiger partial charge in [-0.05, 0) is 37.3 Å². The summed E-state index contributed by atoms with van der Waals surface area (Å²) in [5, 5.41) is 15.1. The zero-order valence-electron chi connectivity index (χ0n) is 18.8. The summed E-state index contributed by atoms with van der Waals surface area (Å²) in [7, 11) is 1.58. The maximum absolute atomic E-state index is 12.4. The fraction of sp³-hybridized carbons (Fsp3) is 0.160. The first-order valence-corrected chi connectivity index (χ1v) is 12.4. The van der Waals surface area contributed by atoms with E-state index in [1.807, 2.05) is 48.5 Å². The maximum atomic E-state index is 12.4. The Labute approximate surface area is 206 Å². The second-order valence-electron chi connectivity index (χ2n) is 7.23. The topological polar surface area (TPSA) is 85.4 Å². The lowest BCUT2D eigenvalue weighted by molar-refractivity contribution is 0.262. The van der Waals surface area contributed by atoms with Crippen molar-refractivity contribution in [1.82, 2.24) is 10.2 Å². The second-order valence-corrected chi connectivity index (χ2v) is 9.34. The number of methoxy groups -OCH3 is 1. The minimum absolute atomic E-state index is 0.396. The van der Waals surface area contributed by atoms with Crippen LogP contribution in [-0.4, -0.2) is 35.7 Å². The van der Waals surface area contributed by atoms with Crippen molar-refractivity contribution >= 4 is 39.9 Å². The molecule has 0 saturated heterocycles. The number of rotatable bonds is 9. The van der Waals surface area contributed by atoms with E-state index in [2.05, 4.69) is 33.8 Å². The average Bonchev–Trinajstić information content (AvgIpc) is 3.31. The number of carbonyl (C=O) groups is 1. The molecule has 3 aromatic carbocycles. The Morgan fingerprint density at radius 3 is 2.62 bits per heavy atom. The van der Waals surface area contributed by atoms with Crippen LogP contribution in [-0.2, 0) is 0 Å².